The average molecular weight is 186 g/mol. The van der Waals surface area contributed by atoms with Gasteiger partial charge in [0, 0.05) is 0 Å². The summed E-state index contributed by atoms with van der Waals surface area (Å²) in [5.74, 6) is -6.24. The Hall–Kier alpha value is -0.810. The molecule has 0 aromatic carbocycles. The molecule has 0 heterocycles. The quantitative estimate of drug-likeness (QED) is 0.681. The molecule has 2 nitrogen and oxygen atoms in total. The summed E-state index contributed by atoms with van der Waals surface area (Å²) in [5, 5.41) is 8.27. The largest absolute Gasteiger partial charge is 0.481 e. The molecule has 1 N–H and O–H groups in total. The Morgan fingerprint density at radius 1 is 1.42 bits per heavy atom. The lowest BCUT2D eigenvalue weighted by Gasteiger charge is -2.21. The minimum atomic E-state index is -4.40. The molecule has 70 valence electrons. The van der Waals surface area contributed by atoms with Gasteiger partial charge in [-0.25, -0.2) is 8.78 Å². The molecule has 1 saturated carbocycles. The maximum Gasteiger partial charge on any atom is 0.323 e. The first-order chi connectivity index (χ1) is 5.34. The molecule has 0 aliphatic heterocycles. The van der Waals surface area contributed by atoms with Gasteiger partial charge in [-0.3, -0.25) is 4.79 Å². The van der Waals surface area contributed by atoms with Gasteiger partial charge in [-0.05, 0) is 12.8 Å². The van der Waals surface area contributed by atoms with Crippen LogP contribution in [0.1, 0.15) is 12.8 Å². The van der Waals surface area contributed by atoms with Gasteiger partial charge in [0.1, 0.15) is 5.41 Å². The lowest BCUT2D eigenvalue weighted by Crippen LogP contribution is -2.42. The summed E-state index contributed by atoms with van der Waals surface area (Å²) in [7, 11) is 0. The molecule has 0 atom stereocenters. The van der Waals surface area contributed by atoms with Gasteiger partial charge in [-0.15, -0.1) is 0 Å². The zero-order valence-electron chi connectivity index (χ0n) is 5.86. The average Bonchev–Trinajstić information content (AvgIpc) is 2.64. The summed E-state index contributed by atoms with van der Waals surface area (Å²) in [6.45, 7) is 0. The standard InChI is InChI=1S/C6H6F4O2/c7-3(8)6(9,10)5(1-2-5)4(11)12/h3H,1-2H2,(H,11,12). The minimum Gasteiger partial charge on any atom is -0.481 e. The van der Waals surface area contributed by atoms with E-state index in [9.17, 15) is 22.4 Å². The fourth-order valence-corrected chi connectivity index (χ4v) is 1.02. The highest BCUT2D eigenvalue weighted by atomic mass is 19.3. The van der Waals surface area contributed by atoms with E-state index in [0.717, 1.165) is 0 Å². The first-order valence-electron chi connectivity index (χ1n) is 3.24. The first-order valence-corrected chi connectivity index (χ1v) is 3.24. The third-order valence-corrected chi connectivity index (χ3v) is 2.07. The van der Waals surface area contributed by atoms with Crippen LogP contribution < -0.4 is 0 Å². The van der Waals surface area contributed by atoms with Crippen molar-refractivity contribution < 1.29 is 27.5 Å². The van der Waals surface area contributed by atoms with Crippen molar-refractivity contribution in [2.45, 2.75) is 25.2 Å². The molecule has 0 amide bonds. The second kappa shape index (κ2) is 2.34. The van der Waals surface area contributed by atoms with E-state index in [1.54, 1.807) is 0 Å². The van der Waals surface area contributed by atoms with Crippen molar-refractivity contribution in [1.29, 1.82) is 0 Å². The molecule has 1 fully saturated rings. The molecule has 0 aromatic heterocycles. The van der Waals surface area contributed by atoms with Crippen LogP contribution >= 0.6 is 0 Å². The van der Waals surface area contributed by atoms with E-state index in [4.69, 9.17) is 5.11 Å². The number of hydrogen-bond donors (Lipinski definition) is 1. The van der Waals surface area contributed by atoms with E-state index in [1.807, 2.05) is 0 Å². The molecule has 0 unspecified atom stereocenters. The lowest BCUT2D eigenvalue weighted by atomic mass is 9.99. The monoisotopic (exact) mass is 186 g/mol. The van der Waals surface area contributed by atoms with Crippen molar-refractivity contribution in [2.75, 3.05) is 0 Å². The Morgan fingerprint density at radius 3 is 1.92 bits per heavy atom. The van der Waals surface area contributed by atoms with E-state index in [-0.39, 0.29) is 12.8 Å². The molecule has 1 rings (SSSR count). The van der Waals surface area contributed by atoms with Gasteiger partial charge in [0.15, 0.2) is 0 Å². The smallest absolute Gasteiger partial charge is 0.323 e. The van der Waals surface area contributed by atoms with Crippen molar-refractivity contribution in [2.24, 2.45) is 5.41 Å². The number of rotatable bonds is 3. The van der Waals surface area contributed by atoms with E-state index in [1.165, 1.54) is 0 Å². The fourth-order valence-electron chi connectivity index (χ4n) is 1.02. The zero-order valence-corrected chi connectivity index (χ0v) is 5.86. The van der Waals surface area contributed by atoms with Crippen molar-refractivity contribution in [3.8, 4) is 0 Å². The summed E-state index contributed by atoms with van der Waals surface area (Å²) < 4.78 is 48.4. The Morgan fingerprint density at radius 2 is 1.83 bits per heavy atom. The number of carboxylic acid groups (broad SMARTS) is 1. The van der Waals surface area contributed by atoms with Crippen molar-refractivity contribution >= 4 is 5.97 Å². The Kier molecular flexibility index (Phi) is 1.81. The molecule has 0 saturated heterocycles. The van der Waals surface area contributed by atoms with Crippen LogP contribution in [0.15, 0.2) is 0 Å². The highest BCUT2D eigenvalue weighted by molar-refractivity contribution is 5.79. The number of carboxylic acids is 1. The van der Waals surface area contributed by atoms with Crippen molar-refractivity contribution in [3.63, 3.8) is 0 Å². The normalized spacial score (nSPS) is 21.1. The van der Waals surface area contributed by atoms with Crippen molar-refractivity contribution in [3.05, 3.63) is 0 Å². The zero-order chi connectivity index (χ0) is 9.57. The van der Waals surface area contributed by atoms with E-state index in [0.29, 0.717) is 0 Å². The Bertz CT molecular complexity index is 210. The van der Waals surface area contributed by atoms with Gasteiger partial charge in [0.05, 0.1) is 0 Å². The third-order valence-electron chi connectivity index (χ3n) is 2.07. The highest BCUT2D eigenvalue weighted by Gasteiger charge is 2.71. The van der Waals surface area contributed by atoms with Crippen molar-refractivity contribution in [1.82, 2.24) is 0 Å². The van der Waals surface area contributed by atoms with Crippen LogP contribution in [-0.2, 0) is 4.79 Å². The maximum atomic E-state index is 12.5. The van der Waals surface area contributed by atoms with Gasteiger partial charge < -0.3 is 5.11 Å². The number of aliphatic carboxylic acids is 1. The van der Waals surface area contributed by atoms with Gasteiger partial charge in [0.25, 0.3) is 0 Å². The topological polar surface area (TPSA) is 37.3 Å². The fraction of sp³-hybridized carbons (Fsp3) is 0.833. The predicted octanol–water partition coefficient (Wildman–Crippen LogP) is 1.75. The van der Waals surface area contributed by atoms with Gasteiger partial charge in [0.2, 0.25) is 0 Å². The number of hydrogen-bond acceptors (Lipinski definition) is 1. The second-order valence-electron chi connectivity index (χ2n) is 2.81. The summed E-state index contributed by atoms with van der Waals surface area (Å²) in [6, 6.07) is 0. The van der Waals surface area contributed by atoms with Crippen LogP contribution in [0.25, 0.3) is 0 Å². The molecule has 0 radical (unpaired) electrons. The van der Waals surface area contributed by atoms with Gasteiger partial charge in [-0.1, -0.05) is 0 Å². The highest BCUT2D eigenvalue weighted by Crippen LogP contribution is 2.59. The number of alkyl halides is 4. The van der Waals surface area contributed by atoms with Crippen LogP contribution in [0.3, 0.4) is 0 Å². The Labute approximate surface area is 65.2 Å². The molecule has 0 spiro atoms. The van der Waals surface area contributed by atoms with Gasteiger partial charge in [-0.2, -0.15) is 8.78 Å². The summed E-state index contributed by atoms with van der Waals surface area (Å²) in [6.07, 6.45) is -4.66. The van der Waals surface area contributed by atoms with Gasteiger partial charge >= 0.3 is 18.3 Å². The van der Waals surface area contributed by atoms with Crippen LogP contribution in [0, 0.1) is 5.41 Å². The third kappa shape index (κ3) is 0.971. The van der Waals surface area contributed by atoms with Crippen LogP contribution in [0.4, 0.5) is 17.6 Å². The van der Waals surface area contributed by atoms with E-state index < -0.39 is 23.7 Å². The van der Waals surface area contributed by atoms with E-state index in [2.05, 4.69) is 0 Å². The maximum absolute atomic E-state index is 12.5. The summed E-state index contributed by atoms with van der Waals surface area (Å²) in [5.41, 5.74) is -2.50. The molecular formula is C6H6F4O2. The SMILES string of the molecule is O=C(O)C1(C(F)(F)C(F)F)CC1. The van der Waals surface area contributed by atoms with Crippen LogP contribution in [-0.4, -0.2) is 23.4 Å². The number of halogens is 4. The molecule has 0 aromatic rings. The van der Waals surface area contributed by atoms with Crippen LogP contribution in [0.5, 0.6) is 0 Å². The first kappa shape index (κ1) is 9.28. The molecule has 6 heteroatoms. The predicted molar refractivity (Wildman–Crippen MR) is 30.3 cm³/mol. The van der Waals surface area contributed by atoms with E-state index >= 15 is 0 Å². The molecular weight excluding hydrogens is 180 g/mol. The minimum absolute atomic E-state index is 0.375. The summed E-state index contributed by atoms with van der Waals surface area (Å²) >= 11 is 0. The molecule has 12 heavy (non-hydrogen) atoms. The molecule has 0 bridgehead atoms. The molecule has 1 aliphatic carbocycles. The van der Waals surface area contributed by atoms with Crippen LogP contribution in [0.2, 0.25) is 0 Å². The number of carbonyl (C=O) groups is 1. The lowest BCUT2D eigenvalue weighted by molar-refractivity contribution is -0.194. The second-order valence-corrected chi connectivity index (χ2v) is 2.81. The Balaban J connectivity index is 2.88. The summed E-state index contributed by atoms with van der Waals surface area (Å²) in [4.78, 5) is 10.2. The molecule has 1 aliphatic rings.